The van der Waals surface area contributed by atoms with E-state index in [1.165, 1.54) is 4.90 Å². The van der Waals surface area contributed by atoms with Crippen LogP contribution in [0.15, 0.2) is 30.3 Å². The van der Waals surface area contributed by atoms with Gasteiger partial charge in [0.15, 0.2) is 0 Å². The number of cyclic esters (lactones) is 1. The van der Waals surface area contributed by atoms with E-state index in [1.807, 2.05) is 30.3 Å². The molecule has 1 aliphatic rings. The molecule has 0 unspecified atom stereocenters. The van der Waals surface area contributed by atoms with Gasteiger partial charge in [-0.25, -0.2) is 9.69 Å². The number of carbonyl (C=O) groups is 2. The van der Waals surface area contributed by atoms with Gasteiger partial charge >= 0.3 is 6.09 Å². The average molecular weight is 289 g/mol. The first-order chi connectivity index (χ1) is 10.1. The second-order valence-electron chi connectivity index (χ2n) is 5.78. The lowest BCUT2D eigenvalue weighted by Crippen LogP contribution is -2.40. The summed E-state index contributed by atoms with van der Waals surface area (Å²) in [5.41, 5.74) is 1.11. The number of imide groups is 1. The van der Waals surface area contributed by atoms with Gasteiger partial charge in [-0.3, -0.25) is 4.79 Å². The number of amides is 2. The van der Waals surface area contributed by atoms with Crippen LogP contribution in [0.25, 0.3) is 0 Å². The molecule has 4 nitrogen and oxygen atoms in total. The van der Waals surface area contributed by atoms with Gasteiger partial charge in [-0.1, -0.05) is 57.0 Å². The third kappa shape index (κ3) is 4.06. The van der Waals surface area contributed by atoms with Gasteiger partial charge < -0.3 is 4.74 Å². The Bertz CT molecular complexity index is 486. The zero-order valence-electron chi connectivity index (χ0n) is 12.7. The van der Waals surface area contributed by atoms with Crippen LogP contribution >= 0.6 is 0 Å². The number of carbonyl (C=O) groups excluding carboxylic acids is 2. The molecule has 0 spiro atoms. The van der Waals surface area contributed by atoms with Crippen molar-refractivity contribution in [2.24, 2.45) is 5.92 Å². The lowest BCUT2D eigenvalue weighted by Gasteiger charge is -2.21. The first kappa shape index (κ1) is 15.5. The summed E-state index contributed by atoms with van der Waals surface area (Å²) in [6.45, 7) is 4.44. The van der Waals surface area contributed by atoms with Gasteiger partial charge in [-0.15, -0.1) is 0 Å². The van der Waals surface area contributed by atoms with Crippen molar-refractivity contribution in [3.8, 4) is 0 Å². The summed E-state index contributed by atoms with van der Waals surface area (Å²) in [7, 11) is 0. The molecule has 0 aliphatic carbocycles. The predicted octanol–water partition coefficient (Wildman–Crippen LogP) is 3.40. The van der Waals surface area contributed by atoms with E-state index in [-0.39, 0.29) is 11.9 Å². The summed E-state index contributed by atoms with van der Waals surface area (Å²) in [5, 5.41) is 0. The molecule has 0 bridgehead atoms. The van der Waals surface area contributed by atoms with Crippen LogP contribution in [0.5, 0.6) is 0 Å². The van der Waals surface area contributed by atoms with E-state index in [4.69, 9.17) is 4.74 Å². The third-order valence-corrected chi connectivity index (χ3v) is 3.85. The van der Waals surface area contributed by atoms with E-state index in [1.54, 1.807) is 0 Å². The highest BCUT2D eigenvalue weighted by atomic mass is 16.6. The highest BCUT2D eigenvalue weighted by molar-refractivity contribution is 5.93. The monoisotopic (exact) mass is 289 g/mol. The Balaban J connectivity index is 2.01. The fourth-order valence-electron chi connectivity index (χ4n) is 2.79. The maximum atomic E-state index is 12.4. The molecule has 2 amide bonds. The number of hydrogen-bond donors (Lipinski definition) is 0. The Hall–Kier alpha value is -1.84. The molecule has 1 heterocycles. The minimum Gasteiger partial charge on any atom is -0.447 e. The molecule has 1 aromatic rings. The molecule has 0 radical (unpaired) electrons. The summed E-state index contributed by atoms with van der Waals surface area (Å²) in [6, 6.07) is 9.71. The van der Waals surface area contributed by atoms with E-state index >= 15 is 0 Å². The van der Waals surface area contributed by atoms with Gasteiger partial charge in [0.1, 0.15) is 6.61 Å². The molecular weight excluding hydrogens is 266 g/mol. The first-order valence-corrected chi connectivity index (χ1v) is 7.64. The topological polar surface area (TPSA) is 46.6 Å². The molecule has 0 aromatic heterocycles. The molecule has 21 heavy (non-hydrogen) atoms. The van der Waals surface area contributed by atoms with E-state index in [9.17, 15) is 9.59 Å². The summed E-state index contributed by atoms with van der Waals surface area (Å²) >= 11 is 0. The van der Waals surface area contributed by atoms with Crippen LogP contribution in [0.1, 0.15) is 38.7 Å². The van der Waals surface area contributed by atoms with Gasteiger partial charge in [0.2, 0.25) is 5.91 Å². The molecule has 1 saturated heterocycles. The second-order valence-corrected chi connectivity index (χ2v) is 5.78. The van der Waals surface area contributed by atoms with Gasteiger partial charge in [0.05, 0.1) is 6.04 Å². The molecule has 2 rings (SSSR count). The smallest absolute Gasteiger partial charge is 0.416 e. The van der Waals surface area contributed by atoms with Crippen LogP contribution in [0.3, 0.4) is 0 Å². The quantitative estimate of drug-likeness (QED) is 0.806. The van der Waals surface area contributed by atoms with Gasteiger partial charge in [0, 0.05) is 6.42 Å². The van der Waals surface area contributed by atoms with Crippen LogP contribution in [-0.4, -0.2) is 29.5 Å². The Morgan fingerprint density at radius 3 is 2.76 bits per heavy atom. The Kier molecular flexibility index (Phi) is 5.37. The Morgan fingerprint density at radius 1 is 1.38 bits per heavy atom. The molecule has 1 aromatic carbocycles. The lowest BCUT2D eigenvalue weighted by molar-refractivity contribution is -0.130. The van der Waals surface area contributed by atoms with E-state index in [2.05, 4.69) is 13.8 Å². The van der Waals surface area contributed by atoms with Crippen LogP contribution in [0, 0.1) is 5.92 Å². The Morgan fingerprint density at radius 2 is 2.10 bits per heavy atom. The summed E-state index contributed by atoms with van der Waals surface area (Å²) in [4.78, 5) is 25.5. The summed E-state index contributed by atoms with van der Waals surface area (Å²) < 4.78 is 5.08. The SMILES string of the molecule is CCC[C@@H](C)CC(=O)N1C(=O)OC[C@H]1Cc1ccccc1. The minimum absolute atomic E-state index is 0.112. The van der Waals surface area contributed by atoms with Crippen LogP contribution in [0.4, 0.5) is 4.79 Å². The number of rotatable bonds is 6. The maximum Gasteiger partial charge on any atom is 0.416 e. The fraction of sp³-hybridized carbons (Fsp3) is 0.529. The third-order valence-electron chi connectivity index (χ3n) is 3.85. The van der Waals surface area contributed by atoms with E-state index in [0.29, 0.717) is 25.4 Å². The van der Waals surface area contributed by atoms with Crippen molar-refractivity contribution in [2.45, 2.75) is 45.6 Å². The zero-order valence-corrected chi connectivity index (χ0v) is 12.7. The highest BCUT2D eigenvalue weighted by Gasteiger charge is 2.37. The van der Waals surface area contributed by atoms with E-state index in [0.717, 1.165) is 18.4 Å². The van der Waals surface area contributed by atoms with Crippen LogP contribution < -0.4 is 0 Å². The predicted molar refractivity (Wildman–Crippen MR) is 80.8 cm³/mol. The highest BCUT2D eigenvalue weighted by Crippen LogP contribution is 2.21. The van der Waals surface area contributed by atoms with Gasteiger partial charge in [-0.05, 0) is 17.9 Å². The van der Waals surface area contributed by atoms with Crippen molar-refractivity contribution in [3.05, 3.63) is 35.9 Å². The maximum absolute atomic E-state index is 12.4. The molecule has 1 fully saturated rings. The lowest BCUT2D eigenvalue weighted by atomic mass is 10.0. The standard InChI is InChI=1S/C17H23NO3/c1-3-7-13(2)10-16(19)18-15(12-21-17(18)20)11-14-8-5-4-6-9-14/h4-6,8-9,13,15H,3,7,10-12H2,1-2H3/t13-,15-/m1/s1. The van der Waals surface area contributed by atoms with Crippen molar-refractivity contribution in [3.63, 3.8) is 0 Å². The minimum atomic E-state index is -0.496. The largest absolute Gasteiger partial charge is 0.447 e. The van der Waals surface area contributed by atoms with E-state index < -0.39 is 6.09 Å². The van der Waals surface area contributed by atoms with Gasteiger partial charge in [-0.2, -0.15) is 0 Å². The fourth-order valence-corrected chi connectivity index (χ4v) is 2.79. The normalized spacial score (nSPS) is 19.4. The van der Waals surface area contributed by atoms with Gasteiger partial charge in [0.25, 0.3) is 0 Å². The van der Waals surface area contributed by atoms with Crippen LogP contribution in [0.2, 0.25) is 0 Å². The molecule has 2 atom stereocenters. The number of nitrogens with zero attached hydrogens (tertiary/aromatic N) is 1. The molecule has 0 N–H and O–H groups in total. The van der Waals surface area contributed by atoms with Crippen LogP contribution in [-0.2, 0) is 16.0 Å². The van der Waals surface area contributed by atoms with Crippen molar-refractivity contribution in [2.75, 3.05) is 6.61 Å². The molecule has 0 saturated carbocycles. The second kappa shape index (κ2) is 7.25. The summed E-state index contributed by atoms with van der Waals surface area (Å²) in [5.74, 6) is 0.188. The zero-order chi connectivity index (χ0) is 15.2. The summed E-state index contributed by atoms with van der Waals surface area (Å²) in [6.07, 6.45) is 2.61. The number of benzene rings is 1. The first-order valence-electron chi connectivity index (χ1n) is 7.64. The molecule has 1 aliphatic heterocycles. The van der Waals surface area contributed by atoms with Crippen molar-refractivity contribution >= 4 is 12.0 Å². The average Bonchev–Trinajstić information content (AvgIpc) is 2.81. The molecule has 4 heteroatoms. The van der Waals surface area contributed by atoms with Crippen molar-refractivity contribution in [1.82, 2.24) is 4.90 Å². The molecule has 114 valence electrons. The number of ether oxygens (including phenoxy) is 1. The molecular formula is C17H23NO3. The van der Waals surface area contributed by atoms with Crippen molar-refractivity contribution in [1.29, 1.82) is 0 Å². The van der Waals surface area contributed by atoms with Crippen molar-refractivity contribution < 1.29 is 14.3 Å². The Labute approximate surface area is 126 Å². The number of hydrogen-bond acceptors (Lipinski definition) is 3.